The van der Waals surface area contributed by atoms with Gasteiger partial charge >= 0.3 is 6.03 Å². The highest BCUT2D eigenvalue weighted by Gasteiger charge is 2.15. The summed E-state index contributed by atoms with van der Waals surface area (Å²) in [6.45, 7) is 8.18. The lowest BCUT2D eigenvalue weighted by Gasteiger charge is -2.18. The highest BCUT2D eigenvalue weighted by Crippen LogP contribution is 2.26. The highest BCUT2D eigenvalue weighted by atomic mass is 32.1. The third-order valence-corrected chi connectivity index (χ3v) is 4.52. The topological polar surface area (TPSA) is 41.1 Å². The maximum absolute atomic E-state index is 12.1. The van der Waals surface area contributed by atoms with E-state index in [2.05, 4.69) is 30.5 Å². The Kier molecular flexibility index (Phi) is 5.02. The van der Waals surface area contributed by atoms with E-state index in [1.165, 1.54) is 15.3 Å². The Bertz CT molecular complexity index is 607. The van der Waals surface area contributed by atoms with Crippen LogP contribution in [0.25, 0.3) is 0 Å². The summed E-state index contributed by atoms with van der Waals surface area (Å²) in [5.74, 6) is 0. The first-order chi connectivity index (χ1) is 9.97. The minimum Gasteiger partial charge on any atom is -0.332 e. The first-order valence-corrected chi connectivity index (χ1v) is 7.98. The minimum absolute atomic E-state index is 0.0105. The molecule has 0 radical (unpaired) electrons. The number of carbonyl (C=O) groups excluding carboxylic acids is 1. The zero-order valence-electron chi connectivity index (χ0n) is 12.9. The van der Waals surface area contributed by atoms with Crippen molar-refractivity contribution >= 4 is 17.4 Å². The van der Waals surface area contributed by atoms with E-state index in [1.807, 2.05) is 44.2 Å². The maximum atomic E-state index is 12.1. The molecule has 1 aromatic heterocycles. The summed E-state index contributed by atoms with van der Waals surface area (Å²) in [6.07, 6.45) is 0. The average Bonchev–Trinajstić information content (AvgIpc) is 2.78. The molecule has 4 heteroatoms. The molecule has 2 rings (SSSR count). The molecule has 0 fully saturated rings. The predicted molar refractivity (Wildman–Crippen MR) is 88.7 cm³/mol. The normalized spacial score (nSPS) is 13.5. The van der Waals surface area contributed by atoms with Crippen molar-refractivity contribution in [1.29, 1.82) is 0 Å². The van der Waals surface area contributed by atoms with Crippen molar-refractivity contribution in [2.75, 3.05) is 0 Å². The maximum Gasteiger partial charge on any atom is 0.315 e. The van der Waals surface area contributed by atoms with Gasteiger partial charge in [-0.25, -0.2) is 4.79 Å². The molecule has 21 heavy (non-hydrogen) atoms. The Morgan fingerprint density at radius 2 is 1.67 bits per heavy atom. The van der Waals surface area contributed by atoms with Gasteiger partial charge in [0.25, 0.3) is 0 Å². The summed E-state index contributed by atoms with van der Waals surface area (Å²) in [7, 11) is 0. The van der Waals surface area contributed by atoms with E-state index in [0.29, 0.717) is 0 Å². The smallest absolute Gasteiger partial charge is 0.315 e. The van der Waals surface area contributed by atoms with Crippen molar-refractivity contribution in [1.82, 2.24) is 10.6 Å². The number of carbonyl (C=O) groups is 1. The van der Waals surface area contributed by atoms with Crippen molar-refractivity contribution < 1.29 is 4.79 Å². The quantitative estimate of drug-likeness (QED) is 0.858. The second kappa shape index (κ2) is 6.76. The van der Waals surface area contributed by atoms with E-state index < -0.39 is 0 Å². The molecule has 3 nitrogen and oxygen atoms in total. The number of amides is 2. The van der Waals surface area contributed by atoms with Gasteiger partial charge in [0.05, 0.1) is 12.1 Å². The molecular weight excluding hydrogens is 280 g/mol. The summed E-state index contributed by atoms with van der Waals surface area (Å²) >= 11 is 1.76. The van der Waals surface area contributed by atoms with Gasteiger partial charge in [-0.1, -0.05) is 30.3 Å². The molecule has 2 N–H and O–H groups in total. The van der Waals surface area contributed by atoms with E-state index in [4.69, 9.17) is 0 Å². The van der Waals surface area contributed by atoms with Gasteiger partial charge in [-0.05, 0) is 44.9 Å². The van der Waals surface area contributed by atoms with Crippen molar-refractivity contribution in [3.63, 3.8) is 0 Å². The van der Waals surface area contributed by atoms with Crippen LogP contribution in [0.4, 0.5) is 4.79 Å². The molecule has 2 aromatic rings. The van der Waals surface area contributed by atoms with Crippen LogP contribution in [0.1, 0.15) is 46.8 Å². The van der Waals surface area contributed by atoms with Gasteiger partial charge < -0.3 is 10.6 Å². The minimum atomic E-state index is -0.137. The molecule has 2 unspecified atom stereocenters. The molecule has 0 spiro atoms. The van der Waals surface area contributed by atoms with Crippen LogP contribution in [0, 0.1) is 13.8 Å². The fraction of sp³-hybridized carbons (Fsp3) is 0.353. The molecule has 0 saturated carbocycles. The first-order valence-electron chi connectivity index (χ1n) is 7.16. The number of benzene rings is 1. The number of urea groups is 1. The van der Waals surface area contributed by atoms with Crippen LogP contribution in [0.3, 0.4) is 0 Å². The van der Waals surface area contributed by atoms with E-state index in [0.717, 1.165) is 5.56 Å². The molecular formula is C17H22N2OS. The van der Waals surface area contributed by atoms with Gasteiger partial charge in [0.15, 0.2) is 0 Å². The van der Waals surface area contributed by atoms with E-state index in [9.17, 15) is 4.79 Å². The third kappa shape index (κ3) is 4.08. The first kappa shape index (κ1) is 15.6. The molecule has 0 aliphatic carbocycles. The molecule has 2 atom stereocenters. The molecule has 0 bridgehead atoms. The second-order valence-corrected chi connectivity index (χ2v) is 6.80. The Morgan fingerprint density at radius 3 is 2.24 bits per heavy atom. The molecule has 0 aliphatic rings. The summed E-state index contributed by atoms with van der Waals surface area (Å²) in [6, 6.07) is 12.0. The monoisotopic (exact) mass is 302 g/mol. The summed E-state index contributed by atoms with van der Waals surface area (Å²) < 4.78 is 0. The molecule has 0 aliphatic heterocycles. The Morgan fingerprint density at radius 1 is 1.05 bits per heavy atom. The number of hydrogen-bond acceptors (Lipinski definition) is 2. The summed E-state index contributed by atoms with van der Waals surface area (Å²) in [5.41, 5.74) is 2.29. The highest BCUT2D eigenvalue weighted by molar-refractivity contribution is 7.12. The van der Waals surface area contributed by atoms with Gasteiger partial charge in [-0.3, -0.25) is 0 Å². The SMILES string of the molecule is Cc1cc(C(C)NC(=O)NC(C)c2ccccc2)c(C)s1. The van der Waals surface area contributed by atoms with Crippen LogP contribution in [-0.4, -0.2) is 6.03 Å². The summed E-state index contributed by atoms with van der Waals surface area (Å²) in [5, 5.41) is 5.98. The average molecular weight is 302 g/mol. The van der Waals surface area contributed by atoms with Crippen LogP contribution in [0.15, 0.2) is 36.4 Å². The van der Waals surface area contributed by atoms with Gasteiger partial charge in [0, 0.05) is 9.75 Å². The Labute approximate surface area is 130 Å². The van der Waals surface area contributed by atoms with Crippen LogP contribution in [0.5, 0.6) is 0 Å². The third-order valence-electron chi connectivity index (χ3n) is 3.54. The summed E-state index contributed by atoms with van der Waals surface area (Å²) in [4.78, 5) is 14.6. The Balaban J connectivity index is 1.94. The van der Waals surface area contributed by atoms with E-state index >= 15 is 0 Å². The zero-order valence-corrected chi connectivity index (χ0v) is 13.8. The lowest BCUT2D eigenvalue weighted by atomic mass is 10.1. The van der Waals surface area contributed by atoms with Gasteiger partial charge in [0.1, 0.15) is 0 Å². The molecule has 1 heterocycles. The predicted octanol–water partition coefficient (Wildman–Crippen LogP) is 4.49. The Hall–Kier alpha value is -1.81. The van der Waals surface area contributed by atoms with Gasteiger partial charge in [0.2, 0.25) is 0 Å². The molecule has 1 aromatic carbocycles. The second-order valence-electron chi connectivity index (χ2n) is 5.34. The van der Waals surface area contributed by atoms with Crippen LogP contribution < -0.4 is 10.6 Å². The van der Waals surface area contributed by atoms with Crippen molar-refractivity contribution in [3.05, 3.63) is 57.3 Å². The lowest BCUT2D eigenvalue weighted by Crippen LogP contribution is -2.38. The standard InChI is InChI=1S/C17H22N2OS/c1-11-10-16(14(4)21-11)13(3)19-17(20)18-12(2)15-8-6-5-7-9-15/h5-10,12-13H,1-4H3,(H2,18,19,20). The lowest BCUT2D eigenvalue weighted by molar-refractivity contribution is 0.235. The van der Waals surface area contributed by atoms with Crippen LogP contribution >= 0.6 is 11.3 Å². The van der Waals surface area contributed by atoms with Gasteiger partial charge in [-0.15, -0.1) is 11.3 Å². The van der Waals surface area contributed by atoms with E-state index in [1.54, 1.807) is 11.3 Å². The number of thiophene rings is 1. The van der Waals surface area contributed by atoms with E-state index in [-0.39, 0.29) is 18.1 Å². The number of hydrogen-bond donors (Lipinski definition) is 2. The largest absolute Gasteiger partial charge is 0.332 e. The van der Waals surface area contributed by atoms with Crippen molar-refractivity contribution in [2.45, 2.75) is 39.8 Å². The van der Waals surface area contributed by atoms with Gasteiger partial charge in [-0.2, -0.15) is 0 Å². The number of aryl methyl sites for hydroxylation is 2. The van der Waals surface area contributed by atoms with Crippen LogP contribution in [-0.2, 0) is 0 Å². The zero-order chi connectivity index (χ0) is 15.4. The number of rotatable bonds is 4. The van der Waals surface area contributed by atoms with Crippen molar-refractivity contribution in [2.24, 2.45) is 0 Å². The molecule has 2 amide bonds. The fourth-order valence-corrected chi connectivity index (χ4v) is 3.44. The molecule has 0 saturated heterocycles. The van der Waals surface area contributed by atoms with Crippen molar-refractivity contribution in [3.8, 4) is 0 Å². The fourth-order valence-electron chi connectivity index (χ4n) is 2.42. The number of nitrogens with one attached hydrogen (secondary N) is 2. The van der Waals surface area contributed by atoms with Crippen LogP contribution in [0.2, 0.25) is 0 Å². The molecule has 112 valence electrons.